The summed E-state index contributed by atoms with van der Waals surface area (Å²) in [5.74, 6) is -13.4. The van der Waals surface area contributed by atoms with Gasteiger partial charge in [0.25, 0.3) is 0 Å². The van der Waals surface area contributed by atoms with E-state index in [0.717, 1.165) is 87.6 Å². The maximum Gasteiger partial charge on any atom is 0.0672 e. The van der Waals surface area contributed by atoms with Crippen LogP contribution in [0, 0.1) is 0 Å². The first-order valence-corrected chi connectivity index (χ1v) is 37.0. The molecule has 0 spiro atoms. The van der Waals surface area contributed by atoms with Crippen LogP contribution in [0.3, 0.4) is 0 Å². The van der Waals surface area contributed by atoms with Gasteiger partial charge < -0.3 is 14.7 Å². The van der Waals surface area contributed by atoms with Gasteiger partial charge in [0, 0.05) is 107 Å². The van der Waals surface area contributed by atoms with Crippen molar-refractivity contribution in [3.63, 3.8) is 0 Å². The molecule has 3 aliphatic heterocycles. The summed E-state index contributed by atoms with van der Waals surface area (Å²) in [5.41, 5.74) is 6.45. The van der Waals surface area contributed by atoms with Crippen molar-refractivity contribution in [2.45, 2.75) is 214 Å². The number of thiophene rings is 2. The number of rotatable bonds is 11. The zero-order chi connectivity index (χ0) is 94.0. The van der Waals surface area contributed by atoms with Crippen molar-refractivity contribution in [2.24, 2.45) is 0 Å². The van der Waals surface area contributed by atoms with Gasteiger partial charge in [0.05, 0.1) is 34.5 Å². The largest absolute Gasteiger partial charge is 0.333 e. The first-order valence-electron chi connectivity index (χ1n) is 48.2. The highest BCUT2D eigenvalue weighted by Crippen LogP contribution is 2.69. The molecule has 0 saturated carbocycles. The molecule has 518 valence electrons. The predicted octanol–water partition coefficient (Wildman–Crippen LogP) is 29.6. The van der Waals surface area contributed by atoms with Crippen LogP contribution in [-0.2, 0) is 21.7 Å². The number of nitrogens with zero attached hydrogens (tertiary/aromatic N) is 3. The third kappa shape index (κ3) is 10.7. The van der Waals surface area contributed by atoms with Crippen LogP contribution in [0.2, 0.25) is 0 Å². The topological polar surface area (TPSA) is 9.72 Å². The van der Waals surface area contributed by atoms with Gasteiger partial charge in [-0.3, -0.25) is 0 Å². The Hall–Kier alpha value is -8.48. The first kappa shape index (κ1) is 44.2. The molecule has 5 heterocycles. The smallest absolute Gasteiger partial charge is 0.0672 e. The Labute approximate surface area is 653 Å². The second-order valence-electron chi connectivity index (χ2n) is 31.6. The maximum absolute atomic E-state index is 10.2. The van der Waals surface area contributed by atoms with E-state index in [2.05, 4.69) is 179 Å². The Morgan fingerprint density at radius 1 is 0.431 bits per heavy atom. The molecule has 0 amide bonds. The summed E-state index contributed by atoms with van der Waals surface area (Å²) in [7, 11) is 0. The molecule has 16 rings (SSSR count). The molecule has 12 aromatic rings. The first-order chi connectivity index (χ1) is 58.7. The molecule has 0 bridgehead atoms. The van der Waals surface area contributed by atoms with E-state index in [-0.39, 0.29) is 50.6 Å². The van der Waals surface area contributed by atoms with E-state index in [1.165, 1.54) is 42.9 Å². The summed E-state index contributed by atoms with van der Waals surface area (Å²) in [6.07, 6.45) is 0. The van der Waals surface area contributed by atoms with E-state index in [0.29, 0.717) is 65.6 Å². The molecule has 1 aliphatic carbocycles. The minimum absolute atomic E-state index is 0.0207. The molecule has 0 fully saturated rings. The summed E-state index contributed by atoms with van der Waals surface area (Å²) in [6.45, 7) is -0.247. The zero-order valence-electron chi connectivity index (χ0n) is 86.4. The SMILES string of the molecule is [2H]C(C)(C)c1cc(C([2H])(C)C([2H])([2H])[2H])c(-c2csc3cc4c(cc23)N(c2ccc(C(C)(C)C)cc2)c2cc(N3c5ccccc5C5C3c3ccccc3C5(C)C)cc3c2C4c2cc4c(-c5c(C([2H])(C)C([2H])([2H])[2H])cc(C([2H])(C)C([2H])([2H])[2H])cc5C(C([2H])([2H])[2H])(C([2H])([2H])[2H])C([2H])([2H])[2H])csc4cc2N3c2ccc(C(C)(C)C)cc2-c2ccccc2)c(C([2H])(C)C([2H])([2H])[2H])c1. The fourth-order valence-corrected chi connectivity index (χ4v) is 19.1. The average molecular weight is 1400 g/mol. The molecule has 7 unspecified atom stereocenters. The second-order valence-corrected chi connectivity index (χ2v) is 33.4. The molecule has 102 heavy (non-hydrogen) atoms. The van der Waals surface area contributed by atoms with Crippen LogP contribution in [0.5, 0.6) is 0 Å². The summed E-state index contributed by atoms with van der Waals surface area (Å²) in [6, 6.07) is 58.6. The minimum Gasteiger partial charge on any atom is -0.333 e. The van der Waals surface area contributed by atoms with Crippen LogP contribution in [0.25, 0.3) is 53.6 Å². The summed E-state index contributed by atoms with van der Waals surface area (Å²) in [5, 5.41) is 4.00. The van der Waals surface area contributed by atoms with E-state index in [9.17, 15) is 23.3 Å². The molecule has 0 N–H and O–H groups in total. The molecule has 10 aromatic carbocycles. The number of hydrogen-bond donors (Lipinski definition) is 0. The third-order valence-corrected chi connectivity index (χ3v) is 24.1. The highest BCUT2D eigenvalue weighted by atomic mass is 32.1. The molecule has 0 radical (unpaired) electrons. The number of para-hydroxylation sites is 1. The fraction of sp³-hybridized carbons (Fsp3) is 0.340. The van der Waals surface area contributed by atoms with E-state index < -0.39 is 122 Å². The van der Waals surface area contributed by atoms with Gasteiger partial charge in [-0.05, 0) is 218 Å². The molecule has 5 heteroatoms. The standard InChI is InChI=1S/C97H103N3S2/c1-54(2)60-41-68(56(5)6)88(69(42-60)57(7)8)76-52-101-86-50-75-82(49-73(76)86)98(64-38-35-62(36-39-64)94(11,12)13)84-46-65(99-80-34-28-26-32-67(80)92-93(99)66-31-25-27-33-78(66)97(92,20)21)47-85-91(84)90(75)74-48-72-77(89-70(58(9)10)43-61(55(3)4)44-79(89)96(17,18)19)53-102-87(72)51-83(74)100(85)81-40-37-63(95(14,15)16)45-71(81)59-29-23-22-24-30-59/h22-58,90,92-93H,1-21H3/i3D3,5D3,7D3,9D3,17D3,18D3,19D3,54D,55D,56D,57D,58D. The van der Waals surface area contributed by atoms with Crippen molar-refractivity contribution in [2.75, 3.05) is 14.7 Å². The quantitative estimate of drug-likeness (QED) is 0.128. The van der Waals surface area contributed by atoms with Crippen molar-refractivity contribution in [1.82, 2.24) is 0 Å². The van der Waals surface area contributed by atoms with Gasteiger partial charge in [-0.1, -0.05) is 260 Å². The van der Waals surface area contributed by atoms with Crippen molar-refractivity contribution >= 4 is 88.3 Å². The van der Waals surface area contributed by atoms with Gasteiger partial charge in [-0.15, -0.1) is 22.7 Å². The van der Waals surface area contributed by atoms with Crippen molar-refractivity contribution in [3.05, 3.63) is 271 Å². The van der Waals surface area contributed by atoms with Gasteiger partial charge in [0.15, 0.2) is 0 Å². The van der Waals surface area contributed by atoms with Crippen LogP contribution in [0.15, 0.2) is 193 Å². The Kier molecular flexibility index (Phi) is 10.5. The van der Waals surface area contributed by atoms with Gasteiger partial charge in [-0.25, -0.2) is 0 Å². The van der Waals surface area contributed by atoms with E-state index in [1.54, 1.807) is 24.6 Å². The lowest BCUT2D eigenvalue weighted by Crippen LogP contribution is -2.30. The lowest BCUT2D eigenvalue weighted by Gasteiger charge is -2.46. The summed E-state index contributed by atoms with van der Waals surface area (Å²) < 4.78 is 244. The van der Waals surface area contributed by atoms with Crippen LogP contribution in [0.1, 0.15) is 306 Å². The second kappa shape index (κ2) is 24.3. The Bertz CT molecular complexity index is 6400. The molecule has 7 atom stereocenters. The normalized spacial score (nSPS) is 23.9. The molecule has 4 aliphatic rings. The maximum atomic E-state index is 10.2. The third-order valence-electron chi connectivity index (χ3n) is 22.2. The Morgan fingerprint density at radius 3 is 1.62 bits per heavy atom. The lowest BCUT2D eigenvalue weighted by molar-refractivity contribution is 0.420. The van der Waals surface area contributed by atoms with E-state index in [1.807, 2.05) is 48.5 Å². The fourth-order valence-electron chi connectivity index (χ4n) is 17.1. The molecule has 3 nitrogen and oxygen atoms in total. The zero-order valence-corrected chi connectivity index (χ0v) is 62.0. The average Bonchev–Trinajstić information content (AvgIpc) is 1.26. The van der Waals surface area contributed by atoms with Crippen LogP contribution >= 0.6 is 22.7 Å². The van der Waals surface area contributed by atoms with Gasteiger partial charge >= 0.3 is 0 Å². The highest BCUT2D eigenvalue weighted by Gasteiger charge is 2.55. The number of hydrogen-bond acceptors (Lipinski definition) is 5. The van der Waals surface area contributed by atoms with Crippen molar-refractivity contribution in [1.29, 1.82) is 0 Å². The molecular formula is C97H103N3S2. The monoisotopic (exact) mass is 1400 g/mol. The predicted molar refractivity (Wildman–Crippen MR) is 444 cm³/mol. The summed E-state index contributed by atoms with van der Waals surface area (Å²) >= 11 is 2.35. The van der Waals surface area contributed by atoms with Crippen LogP contribution in [-0.4, -0.2) is 0 Å². The van der Waals surface area contributed by atoms with Crippen molar-refractivity contribution < 1.29 is 35.6 Å². The minimum atomic E-state index is -4.08. The van der Waals surface area contributed by atoms with E-state index in [4.69, 9.17) is 12.3 Å². The van der Waals surface area contributed by atoms with Crippen molar-refractivity contribution in [3.8, 4) is 33.4 Å². The molecular weight excluding hydrogens is 1270 g/mol. The lowest BCUT2D eigenvalue weighted by atomic mass is 9.73. The van der Waals surface area contributed by atoms with E-state index >= 15 is 0 Å². The van der Waals surface area contributed by atoms with Gasteiger partial charge in [0.1, 0.15) is 0 Å². The molecule has 0 saturated heterocycles. The number of benzene rings is 10. The number of anilines is 8. The highest BCUT2D eigenvalue weighted by molar-refractivity contribution is 7.18. The van der Waals surface area contributed by atoms with Crippen LogP contribution in [0.4, 0.5) is 45.5 Å². The molecule has 2 aromatic heterocycles. The van der Waals surface area contributed by atoms with Crippen LogP contribution < -0.4 is 14.7 Å². The Balaban J connectivity index is 1.14. The van der Waals surface area contributed by atoms with Gasteiger partial charge in [0.2, 0.25) is 0 Å². The Morgan fingerprint density at radius 2 is 0.980 bits per heavy atom. The van der Waals surface area contributed by atoms with Gasteiger partial charge in [-0.2, -0.15) is 0 Å². The summed E-state index contributed by atoms with van der Waals surface area (Å²) in [4.78, 5) is 6.91. The number of fused-ring (bicyclic) bond motifs is 11.